The summed E-state index contributed by atoms with van der Waals surface area (Å²) in [5.41, 5.74) is 4.94. The molecule has 0 aliphatic rings. The van der Waals surface area contributed by atoms with Crippen molar-refractivity contribution >= 4 is 70.7 Å². The van der Waals surface area contributed by atoms with Gasteiger partial charge in [0.2, 0.25) is 0 Å². The lowest BCUT2D eigenvalue weighted by atomic mass is 10.1. The smallest absolute Gasteiger partial charge is 0.161 e. The predicted molar refractivity (Wildman–Crippen MR) is 169 cm³/mol. The molecule has 0 amide bonds. The van der Waals surface area contributed by atoms with E-state index in [4.69, 9.17) is 9.98 Å². The Morgan fingerprint density at radius 3 is 2.08 bits per heavy atom. The average Bonchev–Trinajstić information content (AvgIpc) is 3.52. The maximum Gasteiger partial charge on any atom is 0.161 e. The summed E-state index contributed by atoms with van der Waals surface area (Å²) in [5, 5.41) is 5.00. The Morgan fingerprint density at radius 1 is 0.667 bits per heavy atom. The van der Waals surface area contributed by atoms with Crippen LogP contribution < -0.4 is 0 Å². The molecule has 0 atom stereocenters. The van der Waals surface area contributed by atoms with Crippen LogP contribution in [0.4, 0.5) is 0 Å². The molecule has 0 saturated heterocycles. The summed E-state index contributed by atoms with van der Waals surface area (Å²) in [6.45, 7) is 6.34. The van der Waals surface area contributed by atoms with Gasteiger partial charge in [-0.2, -0.15) is 0 Å². The van der Waals surface area contributed by atoms with E-state index < -0.39 is 0 Å². The first-order valence-electron chi connectivity index (χ1n) is 13.0. The Labute approximate surface area is 230 Å². The van der Waals surface area contributed by atoms with Gasteiger partial charge in [0.05, 0.1) is 21.4 Å². The lowest BCUT2D eigenvalue weighted by Crippen LogP contribution is -2.11. The van der Waals surface area contributed by atoms with Crippen molar-refractivity contribution in [2.75, 3.05) is 0 Å². The van der Waals surface area contributed by atoms with Crippen LogP contribution in [0.1, 0.15) is 18.1 Å². The van der Waals surface area contributed by atoms with E-state index >= 15 is 0 Å². The van der Waals surface area contributed by atoms with Gasteiger partial charge in [-0.05, 0) is 35.4 Å². The topological polar surface area (TPSA) is 29.6 Å². The SMILES string of the molecule is C=C(N=C(N=C(C)n1c2ccc3ccccc3c2c2sc3ccccc3c21)c1ccccc1)c1ccccc1. The number of hydrogen-bond acceptors (Lipinski definition) is 2. The summed E-state index contributed by atoms with van der Waals surface area (Å²) in [6, 6.07) is 41.9. The van der Waals surface area contributed by atoms with Gasteiger partial charge >= 0.3 is 0 Å². The lowest BCUT2D eigenvalue weighted by Gasteiger charge is -2.10. The highest BCUT2D eigenvalue weighted by Crippen LogP contribution is 2.43. The van der Waals surface area contributed by atoms with Crippen molar-refractivity contribution < 1.29 is 0 Å². The van der Waals surface area contributed by atoms with E-state index in [0.29, 0.717) is 11.5 Å². The Hall–Kier alpha value is -4.80. The van der Waals surface area contributed by atoms with Crippen molar-refractivity contribution in [1.29, 1.82) is 0 Å². The van der Waals surface area contributed by atoms with Crippen LogP contribution in [-0.4, -0.2) is 16.2 Å². The second-order valence-electron chi connectivity index (χ2n) is 9.57. The summed E-state index contributed by atoms with van der Waals surface area (Å²) in [7, 11) is 0. The highest BCUT2D eigenvalue weighted by atomic mass is 32.1. The van der Waals surface area contributed by atoms with Crippen LogP contribution in [0.3, 0.4) is 0 Å². The standard InChI is InChI=1S/C35H25N3S/c1-23(25-13-5-3-6-14-25)36-35(27-16-7-4-8-17-27)37-24(2)38-30-22-21-26-15-9-10-18-28(26)32(30)34-33(38)29-19-11-12-20-31(29)39-34/h3-22H,1H2,2H3. The van der Waals surface area contributed by atoms with Crippen molar-refractivity contribution in [3.8, 4) is 0 Å². The van der Waals surface area contributed by atoms with Crippen molar-refractivity contribution in [2.24, 2.45) is 9.98 Å². The second kappa shape index (κ2) is 9.50. The minimum atomic E-state index is 0.636. The van der Waals surface area contributed by atoms with E-state index in [1.807, 2.05) is 72.0 Å². The van der Waals surface area contributed by atoms with Gasteiger partial charge in [-0.1, -0.05) is 116 Å². The molecule has 2 heterocycles. The average molecular weight is 520 g/mol. The fourth-order valence-corrected chi connectivity index (χ4v) is 6.59. The third-order valence-electron chi connectivity index (χ3n) is 7.14. The molecule has 186 valence electrons. The van der Waals surface area contributed by atoms with E-state index in [1.54, 1.807) is 0 Å². The first-order chi connectivity index (χ1) is 19.2. The number of fused-ring (bicyclic) bond motifs is 7. The van der Waals surface area contributed by atoms with E-state index in [-0.39, 0.29) is 0 Å². The van der Waals surface area contributed by atoms with Gasteiger partial charge in [-0.3, -0.25) is 4.57 Å². The number of thiophene rings is 1. The van der Waals surface area contributed by atoms with Crippen LogP contribution in [-0.2, 0) is 0 Å². The van der Waals surface area contributed by atoms with E-state index in [9.17, 15) is 0 Å². The number of amidine groups is 1. The molecular weight excluding hydrogens is 494 g/mol. The predicted octanol–water partition coefficient (Wildman–Crippen LogP) is 9.55. The number of aliphatic imine (C=N–C) groups is 2. The third kappa shape index (κ3) is 3.97. The lowest BCUT2D eigenvalue weighted by molar-refractivity contribution is 1.25. The zero-order chi connectivity index (χ0) is 26.3. The Kier molecular flexibility index (Phi) is 5.68. The maximum atomic E-state index is 5.19. The zero-order valence-corrected chi connectivity index (χ0v) is 22.3. The zero-order valence-electron chi connectivity index (χ0n) is 21.5. The molecule has 5 aromatic carbocycles. The quantitative estimate of drug-likeness (QED) is 0.164. The summed E-state index contributed by atoms with van der Waals surface area (Å²) in [4.78, 5) is 10.1. The summed E-state index contributed by atoms with van der Waals surface area (Å²) >= 11 is 1.85. The summed E-state index contributed by atoms with van der Waals surface area (Å²) in [5.74, 6) is 1.49. The molecule has 4 heteroatoms. The van der Waals surface area contributed by atoms with E-state index in [0.717, 1.165) is 22.5 Å². The Morgan fingerprint density at radius 2 is 1.31 bits per heavy atom. The molecule has 0 saturated carbocycles. The molecule has 0 bridgehead atoms. The molecule has 0 N–H and O–H groups in total. The van der Waals surface area contributed by atoms with Crippen molar-refractivity contribution in [2.45, 2.75) is 6.92 Å². The van der Waals surface area contributed by atoms with Crippen molar-refractivity contribution in [1.82, 2.24) is 4.57 Å². The fourth-order valence-electron chi connectivity index (χ4n) is 5.33. The minimum absolute atomic E-state index is 0.636. The third-order valence-corrected chi connectivity index (χ3v) is 8.32. The molecule has 7 rings (SSSR count). The summed E-state index contributed by atoms with van der Waals surface area (Å²) < 4.78 is 4.86. The largest absolute Gasteiger partial charge is 0.296 e. The Balaban J connectivity index is 1.51. The first-order valence-corrected chi connectivity index (χ1v) is 13.8. The van der Waals surface area contributed by atoms with Gasteiger partial charge in [0, 0.05) is 21.0 Å². The van der Waals surface area contributed by atoms with Gasteiger partial charge in [-0.15, -0.1) is 11.3 Å². The van der Waals surface area contributed by atoms with Gasteiger partial charge < -0.3 is 0 Å². The van der Waals surface area contributed by atoms with Crippen molar-refractivity contribution in [3.63, 3.8) is 0 Å². The van der Waals surface area contributed by atoms with Crippen LogP contribution in [0.25, 0.3) is 47.7 Å². The molecule has 39 heavy (non-hydrogen) atoms. The monoisotopic (exact) mass is 519 g/mol. The molecule has 3 nitrogen and oxygen atoms in total. The summed E-state index contributed by atoms with van der Waals surface area (Å²) in [6.07, 6.45) is 0. The van der Waals surface area contributed by atoms with Crippen molar-refractivity contribution in [3.05, 3.63) is 139 Å². The van der Waals surface area contributed by atoms with Crippen LogP contribution >= 0.6 is 11.3 Å². The number of hydrogen-bond donors (Lipinski definition) is 0. The molecule has 0 aliphatic heterocycles. The number of benzene rings is 5. The number of aromatic nitrogens is 1. The Bertz CT molecular complexity index is 2080. The van der Waals surface area contributed by atoms with Gasteiger partial charge in [0.1, 0.15) is 5.84 Å². The molecule has 7 aromatic rings. The van der Waals surface area contributed by atoms with Crippen LogP contribution in [0.2, 0.25) is 0 Å². The maximum absolute atomic E-state index is 5.19. The van der Waals surface area contributed by atoms with Gasteiger partial charge in [0.15, 0.2) is 5.84 Å². The molecule has 0 fully saturated rings. The minimum Gasteiger partial charge on any atom is -0.296 e. The molecule has 0 spiro atoms. The highest BCUT2D eigenvalue weighted by Gasteiger charge is 2.20. The second-order valence-corrected chi connectivity index (χ2v) is 10.6. The molecule has 2 aromatic heterocycles. The molecule has 0 radical (unpaired) electrons. The molecule has 0 aliphatic carbocycles. The normalized spacial score (nSPS) is 12.6. The number of rotatable bonds is 3. The van der Waals surface area contributed by atoms with Gasteiger partial charge in [0.25, 0.3) is 0 Å². The molecule has 0 unspecified atom stereocenters. The van der Waals surface area contributed by atoms with Gasteiger partial charge in [-0.25, -0.2) is 9.98 Å². The van der Waals surface area contributed by atoms with E-state index in [2.05, 4.69) is 78.7 Å². The van der Waals surface area contributed by atoms with Crippen LogP contribution in [0.15, 0.2) is 138 Å². The highest BCUT2D eigenvalue weighted by molar-refractivity contribution is 7.26. The first kappa shape index (κ1) is 23.3. The van der Waals surface area contributed by atoms with Crippen LogP contribution in [0, 0.1) is 0 Å². The van der Waals surface area contributed by atoms with E-state index in [1.165, 1.54) is 36.5 Å². The molecular formula is C35H25N3S. The fraction of sp³-hybridized carbons (Fsp3) is 0.0286. The number of nitrogens with zero attached hydrogens (tertiary/aromatic N) is 3. The van der Waals surface area contributed by atoms with Crippen LogP contribution in [0.5, 0.6) is 0 Å².